The van der Waals surface area contributed by atoms with Gasteiger partial charge in [-0.3, -0.25) is 14.5 Å². The number of hydrogen-bond donors (Lipinski definition) is 6. The van der Waals surface area contributed by atoms with E-state index >= 15 is 0 Å². The number of amides is 1. The Morgan fingerprint density at radius 2 is 1.52 bits per heavy atom. The highest BCUT2D eigenvalue weighted by Gasteiger charge is 2.14. The zero-order valence-electron chi connectivity index (χ0n) is 12.4. The highest BCUT2D eigenvalue weighted by molar-refractivity contribution is 5.77. The van der Waals surface area contributed by atoms with Crippen molar-refractivity contribution in [3.05, 3.63) is 0 Å². The largest absolute Gasteiger partial charge is 0.480 e. The number of nitrogens with one attached hydrogen (secondary N) is 1. The number of aliphatic hydroxyl groups is 3. The summed E-state index contributed by atoms with van der Waals surface area (Å²) >= 11 is 0. The Bertz CT molecular complexity index is 263. The van der Waals surface area contributed by atoms with Crippen molar-refractivity contribution < 1.29 is 30.0 Å². The molecule has 0 heterocycles. The molecule has 21 heavy (non-hydrogen) atoms. The van der Waals surface area contributed by atoms with Gasteiger partial charge >= 0.3 is 5.97 Å². The number of likely N-dealkylation sites (N-methyl/N-ethyl adjacent to an activating group) is 1. The lowest BCUT2D eigenvalue weighted by Crippen LogP contribution is -2.34. The molecule has 9 nitrogen and oxygen atoms in total. The number of primary amides is 1. The number of nitrogens with zero attached hydrogens (tertiary/aromatic N) is 1. The molecule has 1 amide bonds. The molecular weight excluding hydrogens is 282 g/mol. The molecule has 0 fully saturated rings. The van der Waals surface area contributed by atoms with Crippen LogP contribution in [0.5, 0.6) is 0 Å². The summed E-state index contributed by atoms with van der Waals surface area (Å²) in [6, 6.07) is -0.678. The van der Waals surface area contributed by atoms with E-state index in [1.165, 1.54) is 7.05 Å². The van der Waals surface area contributed by atoms with E-state index < -0.39 is 17.9 Å². The summed E-state index contributed by atoms with van der Waals surface area (Å²) < 4.78 is 0. The van der Waals surface area contributed by atoms with Gasteiger partial charge in [-0.05, 0) is 13.5 Å². The van der Waals surface area contributed by atoms with Crippen molar-refractivity contribution in [1.82, 2.24) is 10.2 Å². The maximum atomic E-state index is 10.3. The molecule has 0 aromatic rings. The van der Waals surface area contributed by atoms with Crippen molar-refractivity contribution in [3.8, 4) is 0 Å². The van der Waals surface area contributed by atoms with Crippen LogP contribution in [0.15, 0.2) is 0 Å². The summed E-state index contributed by atoms with van der Waals surface area (Å²) in [5.41, 5.74) is 4.84. The van der Waals surface area contributed by atoms with Crippen molar-refractivity contribution in [2.75, 3.05) is 46.5 Å². The quantitative estimate of drug-likeness (QED) is 0.239. The van der Waals surface area contributed by atoms with Crippen LogP contribution >= 0.6 is 0 Å². The number of carbonyl (C=O) groups is 2. The van der Waals surface area contributed by atoms with E-state index in [9.17, 15) is 9.59 Å². The van der Waals surface area contributed by atoms with Gasteiger partial charge in [-0.2, -0.15) is 0 Å². The first-order valence-electron chi connectivity index (χ1n) is 6.66. The Morgan fingerprint density at radius 1 is 1.10 bits per heavy atom. The number of rotatable bonds is 11. The van der Waals surface area contributed by atoms with Crippen molar-refractivity contribution in [2.45, 2.75) is 18.9 Å². The number of hydrogen-bond acceptors (Lipinski definition) is 7. The van der Waals surface area contributed by atoms with E-state index in [4.69, 9.17) is 26.2 Å². The first kappa shape index (κ1) is 22.0. The monoisotopic (exact) mass is 309 g/mol. The zero-order chi connectivity index (χ0) is 16.7. The smallest absolute Gasteiger partial charge is 0.320 e. The number of nitrogens with two attached hydrogens (primary N) is 1. The lowest BCUT2D eigenvalue weighted by atomic mass is 10.1. The van der Waals surface area contributed by atoms with Crippen LogP contribution in [-0.4, -0.2) is 89.7 Å². The topological polar surface area (TPSA) is 156 Å². The zero-order valence-corrected chi connectivity index (χ0v) is 12.4. The average Bonchev–Trinajstić information content (AvgIpc) is 2.40. The maximum absolute atomic E-state index is 10.3. The Balaban J connectivity index is 0. The number of carboxylic acids is 1. The Morgan fingerprint density at radius 3 is 1.76 bits per heavy atom. The predicted octanol–water partition coefficient (Wildman–Crippen LogP) is -2.81. The van der Waals surface area contributed by atoms with Crippen molar-refractivity contribution in [3.63, 3.8) is 0 Å². The number of carboxylic acid groups (broad SMARTS) is 1. The number of aliphatic hydroxyl groups excluding tert-OH is 3. The minimum absolute atomic E-state index is 0.0694. The average molecular weight is 309 g/mol. The van der Waals surface area contributed by atoms with Gasteiger partial charge in [0.1, 0.15) is 6.04 Å². The van der Waals surface area contributed by atoms with Gasteiger partial charge in [0.05, 0.1) is 19.8 Å². The van der Waals surface area contributed by atoms with Gasteiger partial charge in [0.15, 0.2) is 0 Å². The SMILES string of the molecule is CN[C@@H](CCC(N)=O)C(=O)O.OCCN(CCO)CCO. The van der Waals surface area contributed by atoms with Gasteiger partial charge in [0.25, 0.3) is 0 Å². The molecule has 0 aliphatic rings. The molecule has 0 saturated heterocycles. The molecule has 0 saturated carbocycles. The lowest BCUT2D eigenvalue weighted by molar-refractivity contribution is -0.139. The third-order valence-corrected chi connectivity index (χ3v) is 2.57. The van der Waals surface area contributed by atoms with Gasteiger partial charge in [-0.1, -0.05) is 0 Å². The van der Waals surface area contributed by atoms with Crippen molar-refractivity contribution in [2.24, 2.45) is 5.73 Å². The Labute approximate surface area is 124 Å². The summed E-state index contributed by atoms with van der Waals surface area (Å²) in [5, 5.41) is 36.5. The first-order chi connectivity index (χ1) is 9.92. The van der Waals surface area contributed by atoms with Gasteiger partial charge in [-0.15, -0.1) is 0 Å². The molecule has 0 aromatic heterocycles. The second kappa shape index (κ2) is 15.1. The van der Waals surface area contributed by atoms with Crippen LogP contribution in [0, 0.1) is 0 Å². The summed E-state index contributed by atoms with van der Waals surface area (Å²) in [5.74, 6) is -1.44. The molecule has 0 rings (SSSR count). The van der Waals surface area contributed by atoms with Crippen LogP contribution in [0.4, 0.5) is 0 Å². The molecule has 0 bridgehead atoms. The second-order valence-electron chi connectivity index (χ2n) is 4.20. The van der Waals surface area contributed by atoms with Gasteiger partial charge < -0.3 is 31.5 Å². The van der Waals surface area contributed by atoms with Crippen molar-refractivity contribution >= 4 is 11.9 Å². The fourth-order valence-electron chi connectivity index (χ4n) is 1.44. The van der Waals surface area contributed by atoms with Gasteiger partial charge in [0, 0.05) is 26.1 Å². The second-order valence-corrected chi connectivity index (χ2v) is 4.20. The lowest BCUT2D eigenvalue weighted by Gasteiger charge is -2.17. The first-order valence-corrected chi connectivity index (χ1v) is 6.66. The summed E-state index contributed by atoms with van der Waals surface area (Å²) in [6.45, 7) is 1.75. The van der Waals surface area contributed by atoms with Crippen LogP contribution < -0.4 is 11.1 Å². The standard InChI is InChI=1S/C6H12N2O3.C6H15NO3/c1-8-4(6(10)11)2-3-5(7)9;8-4-1-7(2-5-9)3-6-10/h4,8H,2-3H2,1H3,(H2,7,9)(H,10,11);8-10H,1-6H2/t4-;/m0./s1. The highest BCUT2D eigenvalue weighted by Crippen LogP contribution is 1.95. The summed E-state index contributed by atoms with van der Waals surface area (Å²) in [6.07, 6.45) is 0.332. The Hall–Kier alpha value is -1.26. The maximum Gasteiger partial charge on any atom is 0.320 e. The summed E-state index contributed by atoms with van der Waals surface area (Å²) in [7, 11) is 1.53. The van der Waals surface area contributed by atoms with E-state index in [0.29, 0.717) is 19.6 Å². The fourth-order valence-corrected chi connectivity index (χ4v) is 1.44. The molecule has 0 unspecified atom stereocenters. The predicted molar refractivity (Wildman–Crippen MR) is 76.6 cm³/mol. The van der Waals surface area contributed by atoms with Crippen LogP contribution in [0.3, 0.4) is 0 Å². The van der Waals surface area contributed by atoms with Gasteiger partial charge in [0.2, 0.25) is 5.91 Å². The van der Waals surface area contributed by atoms with Crippen LogP contribution in [0.2, 0.25) is 0 Å². The van der Waals surface area contributed by atoms with Crippen LogP contribution in [0.25, 0.3) is 0 Å². The molecule has 0 spiro atoms. The number of carbonyl (C=O) groups excluding carboxylic acids is 1. The molecule has 7 N–H and O–H groups in total. The van der Waals surface area contributed by atoms with E-state index in [1.54, 1.807) is 4.90 Å². The molecular formula is C12H27N3O6. The fraction of sp³-hybridized carbons (Fsp3) is 0.833. The molecule has 0 radical (unpaired) electrons. The Kier molecular flexibility index (Phi) is 15.9. The van der Waals surface area contributed by atoms with Gasteiger partial charge in [-0.25, -0.2) is 0 Å². The minimum Gasteiger partial charge on any atom is -0.480 e. The third-order valence-electron chi connectivity index (χ3n) is 2.57. The van der Waals surface area contributed by atoms with E-state index in [1.807, 2.05) is 0 Å². The highest BCUT2D eigenvalue weighted by atomic mass is 16.4. The molecule has 0 aromatic carbocycles. The van der Waals surface area contributed by atoms with E-state index in [-0.39, 0.29) is 32.7 Å². The third kappa shape index (κ3) is 15.0. The normalized spacial score (nSPS) is 11.7. The van der Waals surface area contributed by atoms with E-state index in [0.717, 1.165) is 0 Å². The van der Waals surface area contributed by atoms with E-state index in [2.05, 4.69) is 5.32 Å². The van der Waals surface area contributed by atoms with Crippen molar-refractivity contribution in [1.29, 1.82) is 0 Å². The molecule has 1 atom stereocenters. The minimum atomic E-state index is -0.964. The molecule has 0 aliphatic heterocycles. The van der Waals surface area contributed by atoms with Crippen LogP contribution in [-0.2, 0) is 9.59 Å². The molecule has 126 valence electrons. The number of aliphatic carboxylic acids is 1. The molecule has 9 heteroatoms. The van der Waals surface area contributed by atoms with Crippen LogP contribution in [0.1, 0.15) is 12.8 Å². The summed E-state index contributed by atoms with van der Waals surface area (Å²) in [4.78, 5) is 22.4. The molecule has 0 aliphatic carbocycles.